The molecule has 0 saturated carbocycles. The smallest absolute Gasteiger partial charge is 0.0186 e. The maximum absolute atomic E-state index is 3.45. The van der Waals surface area contributed by atoms with Crippen LogP contribution in [0.4, 0.5) is 0 Å². The third-order valence-corrected chi connectivity index (χ3v) is 3.48. The van der Waals surface area contributed by atoms with E-state index in [4.69, 9.17) is 0 Å². The Morgan fingerprint density at radius 1 is 1.33 bits per heavy atom. The molecule has 1 aromatic rings. The Labute approximate surface area is 94.4 Å². The Morgan fingerprint density at radius 3 is 2.83 bits per heavy atom. The van der Waals surface area contributed by atoms with Gasteiger partial charge in [0.1, 0.15) is 0 Å². The maximum Gasteiger partial charge on any atom is 0.0186 e. The normalized spacial score (nSPS) is 10.2. The summed E-state index contributed by atoms with van der Waals surface area (Å²) in [5.41, 5.74) is 0. The van der Waals surface area contributed by atoms with E-state index >= 15 is 0 Å². The van der Waals surface area contributed by atoms with Crippen molar-refractivity contribution in [3.63, 3.8) is 0 Å². The van der Waals surface area contributed by atoms with Crippen molar-refractivity contribution in [3.8, 4) is 0 Å². The van der Waals surface area contributed by atoms with Crippen LogP contribution in [0.5, 0.6) is 0 Å². The van der Waals surface area contributed by atoms with Gasteiger partial charge in [-0.25, -0.2) is 0 Å². The summed E-state index contributed by atoms with van der Waals surface area (Å²) in [6.45, 7) is 0. The van der Waals surface area contributed by atoms with Crippen molar-refractivity contribution in [2.24, 2.45) is 0 Å². The van der Waals surface area contributed by atoms with Gasteiger partial charge in [-0.05, 0) is 30.4 Å². The number of alkyl halides is 1. The highest BCUT2D eigenvalue weighted by molar-refractivity contribution is 9.10. The van der Waals surface area contributed by atoms with E-state index in [2.05, 4.69) is 56.1 Å². The van der Waals surface area contributed by atoms with E-state index in [1.165, 1.54) is 17.1 Å². The fourth-order valence-electron chi connectivity index (χ4n) is 0.801. The Kier molecular flexibility index (Phi) is 5.35. The second-order valence-corrected chi connectivity index (χ2v) is 5.23. The second-order valence-electron chi connectivity index (χ2n) is 2.35. The van der Waals surface area contributed by atoms with Crippen LogP contribution in [0.25, 0.3) is 0 Å². The predicted molar refractivity (Wildman–Crippen MR) is 63.3 cm³/mol. The first-order chi connectivity index (χ1) is 5.83. The molecule has 0 radical (unpaired) electrons. The number of thioether (sulfide) groups is 1. The molecule has 1 rings (SSSR count). The molecular formula is C9H10Br2S. The number of hydrogen-bond acceptors (Lipinski definition) is 1. The van der Waals surface area contributed by atoms with Gasteiger partial charge in [0.2, 0.25) is 0 Å². The van der Waals surface area contributed by atoms with Gasteiger partial charge in [-0.2, -0.15) is 0 Å². The third-order valence-electron chi connectivity index (χ3n) is 1.34. The minimum atomic E-state index is 1.09. The Bertz CT molecular complexity index is 238. The number of benzene rings is 1. The summed E-state index contributed by atoms with van der Waals surface area (Å²) < 4.78 is 1.16. The zero-order valence-electron chi connectivity index (χ0n) is 6.59. The maximum atomic E-state index is 3.45. The molecule has 0 saturated heterocycles. The van der Waals surface area contributed by atoms with Crippen LogP contribution in [0.1, 0.15) is 6.42 Å². The molecule has 0 aliphatic rings. The van der Waals surface area contributed by atoms with Crippen molar-refractivity contribution < 1.29 is 0 Å². The summed E-state index contributed by atoms with van der Waals surface area (Å²) in [5, 5.41) is 1.09. The first kappa shape index (κ1) is 10.6. The average molecular weight is 310 g/mol. The first-order valence-electron chi connectivity index (χ1n) is 3.77. The van der Waals surface area contributed by atoms with E-state index in [0.717, 1.165) is 9.80 Å². The fraction of sp³-hybridized carbons (Fsp3) is 0.333. The van der Waals surface area contributed by atoms with Gasteiger partial charge >= 0.3 is 0 Å². The molecule has 0 aromatic heterocycles. The average Bonchev–Trinajstić information content (AvgIpc) is 2.05. The van der Waals surface area contributed by atoms with Crippen LogP contribution in [-0.4, -0.2) is 11.1 Å². The number of hydrogen-bond donors (Lipinski definition) is 0. The van der Waals surface area contributed by atoms with E-state index < -0.39 is 0 Å². The summed E-state index contributed by atoms with van der Waals surface area (Å²) in [6.07, 6.45) is 1.22. The van der Waals surface area contributed by atoms with Crippen molar-refractivity contribution in [1.29, 1.82) is 0 Å². The van der Waals surface area contributed by atoms with Crippen LogP contribution < -0.4 is 0 Å². The standard InChI is InChI=1S/C9H10Br2S/c10-5-2-6-12-9-4-1-3-8(11)7-9/h1,3-4,7H,2,5-6H2. The summed E-state index contributed by atoms with van der Waals surface area (Å²) in [4.78, 5) is 1.34. The van der Waals surface area contributed by atoms with Gasteiger partial charge < -0.3 is 0 Å². The molecule has 0 nitrogen and oxygen atoms in total. The highest BCUT2D eigenvalue weighted by Gasteiger charge is 1.93. The van der Waals surface area contributed by atoms with Gasteiger partial charge in [0.25, 0.3) is 0 Å². The predicted octanol–water partition coefficient (Wildman–Crippen LogP) is 4.33. The van der Waals surface area contributed by atoms with Crippen LogP contribution >= 0.6 is 43.6 Å². The van der Waals surface area contributed by atoms with Crippen molar-refractivity contribution in [2.45, 2.75) is 11.3 Å². The molecular weight excluding hydrogens is 300 g/mol. The highest BCUT2D eigenvalue weighted by atomic mass is 79.9. The Morgan fingerprint density at radius 2 is 2.17 bits per heavy atom. The Balaban J connectivity index is 2.41. The summed E-state index contributed by atoms with van der Waals surface area (Å²) >= 11 is 8.76. The highest BCUT2D eigenvalue weighted by Crippen LogP contribution is 2.22. The topological polar surface area (TPSA) is 0 Å². The monoisotopic (exact) mass is 308 g/mol. The largest absolute Gasteiger partial charge is 0.126 e. The lowest BCUT2D eigenvalue weighted by molar-refractivity contribution is 1.13. The van der Waals surface area contributed by atoms with Gasteiger partial charge in [0.05, 0.1) is 0 Å². The molecule has 0 spiro atoms. The van der Waals surface area contributed by atoms with Crippen LogP contribution in [0.2, 0.25) is 0 Å². The van der Waals surface area contributed by atoms with Gasteiger partial charge in [0, 0.05) is 14.7 Å². The van der Waals surface area contributed by atoms with Crippen LogP contribution in [0.15, 0.2) is 33.6 Å². The molecule has 66 valence electrons. The zero-order valence-corrected chi connectivity index (χ0v) is 10.6. The van der Waals surface area contributed by atoms with E-state index in [1.807, 2.05) is 11.8 Å². The SMILES string of the molecule is BrCCCSc1cccc(Br)c1. The quantitative estimate of drug-likeness (QED) is 0.453. The van der Waals surface area contributed by atoms with Gasteiger partial charge in [-0.15, -0.1) is 11.8 Å². The van der Waals surface area contributed by atoms with Crippen LogP contribution in [0, 0.1) is 0 Å². The second kappa shape index (κ2) is 6.06. The molecule has 0 fully saturated rings. The minimum Gasteiger partial charge on any atom is -0.126 e. The molecule has 0 amide bonds. The number of halogens is 2. The summed E-state index contributed by atoms with van der Waals surface area (Å²) in [5.74, 6) is 1.18. The third kappa shape index (κ3) is 3.97. The molecule has 0 heterocycles. The van der Waals surface area contributed by atoms with Crippen LogP contribution in [-0.2, 0) is 0 Å². The molecule has 1 aromatic carbocycles. The molecule has 0 bridgehead atoms. The molecule has 0 aliphatic carbocycles. The summed E-state index contributed by atoms with van der Waals surface area (Å²) in [6, 6.07) is 8.41. The van der Waals surface area contributed by atoms with Crippen molar-refractivity contribution in [1.82, 2.24) is 0 Å². The van der Waals surface area contributed by atoms with Gasteiger partial charge in [0.15, 0.2) is 0 Å². The van der Waals surface area contributed by atoms with Gasteiger partial charge in [-0.3, -0.25) is 0 Å². The molecule has 12 heavy (non-hydrogen) atoms. The van der Waals surface area contributed by atoms with E-state index in [-0.39, 0.29) is 0 Å². The van der Waals surface area contributed by atoms with Crippen molar-refractivity contribution in [3.05, 3.63) is 28.7 Å². The lowest BCUT2D eigenvalue weighted by Gasteiger charge is -1.99. The van der Waals surface area contributed by atoms with E-state index in [9.17, 15) is 0 Å². The molecule has 0 atom stereocenters. The molecule has 0 N–H and O–H groups in total. The van der Waals surface area contributed by atoms with Crippen LogP contribution in [0.3, 0.4) is 0 Å². The first-order valence-corrected chi connectivity index (χ1v) is 6.67. The van der Waals surface area contributed by atoms with Crippen molar-refractivity contribution >= 4 is 43.6 Å². The van der Waals surface area contributed by atoms with Crippen molar-refractivity contribution in [2.75, 3.05) is 11.1 Å². The molecule has 3 heteroatoms. The lowest BCUT2D eigenvalue weighted by atomic mass is 10.4. The minimum absolute atomic E-state index is 1.09. The van der Waals surface area contributed by atoms with E-state index in [1.54, 1.807) is 0 Å². The number of rotatable bonds is 4. The van der Waals surface area contributed by atoms with E-state index in [0.29, 0.717) is 0 Å². The lowest BCUT2D eigenvalue weighted by Crippen LogP contribution is -1.80. The summed E-state index contributed by atoms with van der Waals surface area (Å²) in [7, 11) is 0. The van der Waals surface area contributed by atoms with Gasteiger partial charge in [-0.1, -0.05) is 37.9 Å². The fourth-order valence-corrected chi connectivity index (χ4v) is 2.91. The Hall–Kier alpha value is 0.530. The molecule has 0 unspecified atom stereocenters. The molecule has 0 aliphatic heterocycles. The zero-order chi connectivity index (χ0) is 8.81.